The molecular formula is C5H10U. The van der Waals surface area contributed by atoms with Crippen LogP contribution >= 0.6 is 0 Å². The molecule has 0 amide bonds. The number of hydrogen-bond donors (Lipinski definition) is 0. The number of hydrogen-bond acceptors (Lipinski definition) is 0. The second-order valence-corrected chi connectivity index (χ2v) is 1.06. The molecule has 1 heteroatoms. The maximum atomic E-state index is 3.64. The zero-order chi connectivity index (χ0) is 4.12. The molecular weight excluding hydrogens is 298 g/mol. The Morgan fingerprint density at radius 2 is 1.33 bits per heavy atom. The van der Waals surface area contributed by atoms with Gasteiger partial charge in [0.15, 0.2) is 0 Å². The summed E-state index contributed by atoms with van der Waals surface area (Å²) in [7, 11) is 0. The Hall–Kier alpha value is 1.05. The minimum absolute atomic E-state index is 0. The Bertz CT molecular complexity index is 11.4. The number of rotatable bonds is 2. The van der Waals surface area contributed by atoms with E-state index in [1.54, 1.807) is 0 Å². The summed E-state index contributed by atoms with van der Waals surface area (Å²) >= 11 is 0. The molecule has 6 heavy (non-hydrogen) atoms. The first-order valence-corrected chi connectivity index (χ1v) is 2.00. The van der Waals surface area contributed by atoms with Crippen molar-refractivity contribution in [2.24, 2.45) is 0 Å². The first-order valence-electron chi connectivity index (χ1n) is 2.00. The molecule has 0 aromatic rings. The molecule has 0 radical (unpaired) electrons. The minimum Gasteiger partial charge on any atom is -0.343 e. The van der Waals surface area contributed by atoms with Crippen LogP contribution in [0.5, 0.6) is 0 Å². The molecule has 0 aliphatic heterocycles. The second kappa shape index (κ2) is 9.41. The van der Waals surface area contributed by atoms with Gasteiger partial charge >= 0.3 is 31.1 Å². The predicted octanol–water partition coefficient (Wildman–Crippen LogP) is 1.82. The standard InChI is InChI=1S/C5H10.U/c1-3-5-4-2;/h1-5H2;/q-2;+2. The Balaban J connectivity index is 0. The van der Waals surface area contributed by atoms with Crippen LogP contribution in [0.25, 0.3) is 0 Å². The smallest absolute Gasteiger partial charge is 0.343 e. The summed E-state index contributed by atoms with van der Waals surface area (Å²) in [6.45, 7) is 7.27. The van der Waals surface area contributed by atoms with Gasteiger partial charge in [-0.1, -0.05) is 0 Å². The van der Waals surface area contributed by atoms with Gasteiger partial charge in [0, 0.05) is 0 Å². The summed E-state index contributed by atoms with van der Waals surface area (Å²) in [6, 6.07) is 0. The van der Waals surface area contributed by atoms with E-state index in [1.807, 2.05) is 0 Å². The SMILES string of the molecule is [CH2-]CCC[CH2-].[U+2]. The molecule has 0 aromatic carbocycles. The quantitative estimate of drug-likeness (QED) is 0.683. The summed E-state index contributed by atoms with van der Waals surface area (Å²) in [6.07, 6.45) is 3.23. The van der Waals surface area contributed by atoms with Gasteiger partial charge in [-0.15, -0.1) is 6.42 Å². The molecule has 0 unspecified atom stereocenters. The molecule has 34 valence electrons. The van der Waals surface area contributed by atoms with Crippen LogP contribution in [0.4, 0.5) is 0 Å². The third kappa shape index (κ3) is 8.90. The van der Waals surface area contributed by atoms with E-state index in [0.29, 0.717) is 0 Å². The number of unbranched alkanes of at least 4 members (excludes halogenated alkanes) is 2. The van der Waals surface area contributed by atoms with Crippen molar-refractivity contribution < 1.29 is 31.1 Å². The molecule has 0 aliphatic carbocycles. The summed E-state index contributed by atoms with van der Waals surface area (Å²) < 4.78 is 0. The van der Waals surface area contributed by atoms with Gasteiger partial charge in [0.05, 0.1) is 0 Å². The maximum Gasteiger partial charge on any atom is 2.00 e. The topological polar surface area (TPSA) is 0 Å². The van der Waals surface area contributed by atoms with Gasteiger partial charge < -0.3 is 13.8 Å². The molecule has 0 N–H and O–H groups in total. The van der Waals surface area contributed by atoms with E-state index in [1.165, 1.54) is 6.42 Å². The van der Waals surface area contributed by atoms with Crippen molar-refractivity contribution in [1.82, 2.24) is 0 Å². The fraction of sp³-hybridized carbons (Fsp3) is 0.600. The average molecular weight is 308 g/mol. The van der Waals surface area contributed by atoms with Crippen molar-refractivity contribution in [2.45, 2.75) is 19.3 Å². The predicted molar refractivity (Wildman–Crippen MR) is 24.6 cm³/mol. The summed E-state index contributed by atoms with van der Waals surface area (Å²) in [4.78, 5) is 0. The van der Waals surface area contributed by atoms with Crippen LogP contribution in [0.2, 0.25) is 0 Å². The van der Waals surface area contributed by atoms with Crippen LogP contribution in [0.1, 0.15) is 19.3 Å². The van der Waals surface area contributed by atoms with Crippen molar-refractivity contribution in [3.63, 3.8) is 0 Å². The summed E-state index contributed by atoms with van der Waals surface area (Å²) in [5.41, 5.74) is 0. The van der Waals surface area contributed by atoms with Crippen molar-refractivity contribution in [1.29, 1.82) is 0 Å². The Labute approximate surface area is 64.1 Å². The second-order valence-electron chi connectivity index (χ2n) is 1.06. The molecule has 0 aliphatic rings. The van der Waals surface area contributed by atoms with E-state index >= 15 is 0 Å². The third-order valence-corrected chi connectivity index (χ3v) is 0.500. The molecule has 0 fully saturated rings. The molecule has 0 saturated carbocycles. The van der Waals surface area contributed by atoms with E-state index in [0.717, 1.165) is 12.8 Å². The van der Waals surface area contributed by atoms with Crippen LogP contribution in [-0.4, -0.2) is 0 Å². The Kier molecular flexibility index (Phi) is 15.9. The fourth-order valence-corrected chi connectivity index (χ4v) is 0.177. The normalized spacial score (nSPS) is 7.00. The average Bonchev–Trinajstić information content (AvgIpc) is 1.41. The Morgan fingerprint density at radius 1 is 1.00 bits per heavy atom. The molecule has 0 spiro atoms. The summed E-state index contributed by atoms with van der Waals surface area (Å²) in [5.74, 6) is 0. The van der Waals surface area contributed by atoms with Gasteiger partial charge in [-0.05, 0) is 0 Å². The van der Waals surface area contributed by atoms with Crippen molar-refractivity contribution >= 4 is 0 Å². The molecule has 0 atom stereocenters. The molecule has 0 saturated heterocycles. The van der Waals surface area contributed by atoms with Crippen molar-refractivity contribution in [3.05, 3.63) is 13.8 Å². The molecule has 0 heterocycles. The van der Waals surface area contributed by atoms with E-state index in [9.17, 15) is 0 Å². The van der Waals surface area contributed by atoms with Gasteiger partial charge in [0.1, 0.15) is 0 Å². The van der Waals surface area contributed by atoms with E-state index in [2.05, 4.69) is 13.8 Å². The van der Waals surface area contributed by atoms with Crippen LogP contribution in [0.15, 0.2) is 0 Å². The van der Waals surface area contributed by atoms with Crippen molar-refractivity contribution in [3.8, 4) is 0 Å². The third-order valence-electron chi connectivity index (χ3n) is 0.500. The van der Waals surface area contributed by atoms with Crippen LogP contribution in [-0.2, 0) is 0 Å². The van der Waals surface area contributed by atoms with Gasteiger partial charge in [-0.25, -0.2) is 0 Å². The first kappa shape index (κ1) is 10.1. The fourth-order valence-electron chi connectivity index (χ4n) is 0.177. The Morgan fingerprint density at radius 3 is 1.33 bits per heavy atom. The molecule has 0 bridgehead atoms. The van der Waals surface area contributed by atoms with Gasteiger partial charge in [0.2, 0.25) is 0 Å². The monoisotopic (exact) mass is 308 g/mol. The van der Waals surface area contributed by atoms with E-state index < -0.39 is 0 Å². The zero-order valence-electron chi connectivity index (χ0n) is 4.04. The van der Waals surface area contributed by atoms with Crippen molar-refractivity contribution in [2.75, 3.05) is 0 Å². The molecule has 0 nitrogen and oxygen atoms in total. The van der Waals surface area contributed by atoms with E-state index in [4.69, 9.17) is 0 Å². The van der Waals surface area contributed by atoms with E-state index in [-0.39, 0.29) is 31.1 Å². The van der Waals surface area contributed by atoms with Crippen LogP contribution in [0.3, 0.4) is 0 Å². The minimum atomic E-state index is 0. The first-order chi connectivity index (χ1) is 2.41. The summed E-state index contributed by atoms with van der Waals surface area (Å²) in [5, 5.41) is 0. The molecule has 0 rings (SSSR count). The van der Waals surface area contributed by atoms with Crippen LogP contribution < -0.4 is 0 Å². The van der Waals surface area contributed by atoms with Crippen LogP contribution in [0, 0.1) is 45.0 Å². The largest absolute Gasteiger partial charge is 2.00 e. The molecule has 0 aromatic heterocycles. The van der Waals surface area contributed by atoms with Gasteiger partial charge in [-0.2, -0.15) is 12.8 Å². The maximum absolute atomic E-state index is 3.64. The van der Waals surface area contributed by atoms with Gasteiger partial charge in [-0.3, -0.25) is 0 Å². The van der Waals surface area contributed by atoms with Gasteiger partial charge in [0.25, 0.3) is 0 Å². The zero-order valence-corrected chi connectivity index (χ0v) is 8.20.